The molecule has 0 aliphatic heterocycles. The summed E-state index contributed by atoms with van der Waals surface area (Å²) in [7, 11) is 6.49. The van der Waals surface area contributed by atoms with Crippen LogP contribution in [-0.2, 0) is 4.79 Å². The molecule has 0 aliphatic carbocycles. The van der Waals surface area contributed by atoms with Crippen LogP contribution in [0.1, 0.15) is 0 Å². The van der Waals surface area contributed by atoms with Crippen LogP contribution in [0.2, 0.25) is 0 Å². The number of quaternary nitrogens is 1. The van der Waals surface area contributed by atoms with E-state index >= 15 is 0 Å². The van der Waals surface area contributed by atoms with Gasteiger partial charge >= 0.3 is 6.18 Å². The van der Waals surface area contributed by atoms with E-state index < -0.39 is 12.1 Å². The van der Waals surface area contributed by atoms with Crippen LogP contribution < -0.4 is 9.59 Å². The fraction of sp³-hybridized carbons (Fsp3) is 0.364. The van der Waals surface area contributed by atoms with E-state index in [2.05, 4.69) is 45.4 Å². The van der Waals surface area contributed by atoms with Gasteiger partial charge < -0.3 is 9.90 Å². The maximum atomic E-state index is 10.5. The number of hydrogen-bond donors (Lipinski definition) is 0. The van der Waals surface area contributed by atoms with Gasteiger partial charge in [0.15, 0.2) is 0 Å². The fourth-order valence-electron chi connectivity index (χ4n) is 0.875. The highest BCUT2D eigenvalue weighted by Gasteiger charge is 2.28. The summed E-state index contributed by atoms with van der Waals surface area (Å²) in [6.07, 6.45) is -5.19. The Morgan fingerprint density at radius 3 is 1.65 bits per heavy atom. The number of carbonyl (C=O) groups excluding carboxylic acids is 1. The number of hydrogen-bond acceptors (Lipinski definition) is 2. The van der Waals surface area contributed by atoms with Gasteiger partial charge in [0.2, 0.25) is 0 Å². The quantitative estimate of drug-likeness (QED) is 0.701. The highest BCUT2D eigenvalue weighted by atomic mass is 19.4. The first-order valence-electron chi connectivity index (χ1n) is 4.70. The van der Waals surface area contributed by atoms with Gasteiger partial charge in [0.05, 0.1) is 21.1 Å². The number of para-hydroxylation sites is 1. The molecule has 0 unspecified atom stereocenters. The summed E-state index contributed by atoms with van der Waals surface area (Å²) in [5.74, 6) is -3.01. The lowest BCUT2D eigenvalue weighted by molar-refractivity contribution is -0.344. The number of aliphatic carboxylic acids is 1. The van der Waals surface area contributed by atoms with E-state index in [1.54, 1.807) is 0 Å². The van der Waals surface area contributed by atoms with E-state index in [9.17, 15) is 13.2 Å². The lowest BCUT2D eigenvalue weighted by Crippen LogP contribution is -2.37. The van der Waals surface area contributed by atoms with Crippen molar-refractivity contribution in [3.8, 4) is 0 Å². The molecule has 0 bridgehead atoms. The molecule has 0 amide bonds. The summed E-state index contributed by atoms with van der Waals surface area (Å²) in [4.78, 5) is 8.78. The number of carboxylic acids is 1. The van der Waals surface area contributed by atoms with E-state index in [4.69, 9.17) is 9.90 Å². The smallest absolute Gasteiger partial charge is 0.430 e. The van der Waals surface area contributed by atoms with Gasteiger partial charge in [-0.1, -0.05) is 18.2 Å². The predicted molar refractivity (Wildman–Crippen MR) is 57.1 cm³/mol. The molecule has 0 N–H and O–H groups in total. The van der Waals surface area contributed by atoms with Crippen molar-refractivity contribution in [2.24, 2.45) is 0 Å². The van der Waals surface area contributed by atoms with Crippen molar-refractivity contribution in [3.05, 3.63) is 30.3 Å². The molecule has 0 aliphatic rings. The predicted octanol–water partition coefficient (Wildman–Crippen LogP) is 1.18. The van der Waals surface area contributed by atoms with Crippen molar-refractivity contribution < 1.29 is 23.1 Å². The third-order valence-electron chi connectivity index (χ3n) is 1.76. The molecule has 0 spiro atoms. The summed E-state index contributed by atoms with van der Waals surface area (Å²) < 4.78 is 32.4. The van der Waals surface area contributed by atoms with Gasteiger partial charge in [-0.3, -0.25) is 4.48 Å². The minimum Gasteiger partial charge on any atom is -0.542 e. The van der Waals surface area contributed by atoms with Gasteiger partial charge in [0, 0.05) is 0 Å². The first-order valence-corrected chi connectivity index (χ1v) is 4.70. The molecular formula is C11H14F3NO2. The zero-order chi connectivity index (χ0) is 13.7. The van der Waals surface area contributed by atoms with Crippen LogP contribution in [0.25, 0.3) is 0 Å². The minimum atomic E-state index is -5.19. The Morgan fingerprint density at radius 1 is 1.12 bits per heavy atom. The van der Waals surface area contributed by atoms with Gasteiger partial charge in [-0.05, 0) is 12.1 Å². The Balaban J connectivity index is 0.000000325. The SMILES string of the molecule is C[N+](C)(C)c1ccccc1.O=C([O-])C(F)(F)F. The molecule has 0 fully saturated rings. The van der Waals surface area contributed by atoms with E-state index in [1.807, 2.05) is 6.07 Å². The molecular weight excluding hydrogens is 235 g/mol. The lowest BCUT2D eigenvalue weighted by Gasteiger charge is -2.22. The second-order valence-corrected chi connectivity index (χ2v) is 4.13. The van der Waals surface area contributed by atoms with Crippen LogP contribution in [0.3, 0.4) is 0 Å². The first kappa shape index (κ1) is 15.4. The zero-order valence-electron chi connectivity index (χ0n) is 9.78. The molecule has 0 aromatic heterocycles. The number of benzene rings is 1. The third-order valence-corrected chi connectivity index (χ3v) is 1.76. The maximum Gasteiger partial charge on any atom is 0.430 e. The number of alkyl halides is 3. The number of carboxylic acid groups (broad SMARTS) is 1. The molecule has 0 radical (unpaired) electrons. The Bertz CT molecular complexity index is 355. The Hall–Kier alpha value is -1.56. The summed E-state index contributed by atoms with van der Waals surface area (Å²) in [5, 5.41) is 8.78. The van der Waals surface area contributed by atoms with Crippen molar-refractivity contribution in [1.29, 1.82) is 0 Å². The number of carbonyl (C=O) groups is 1. The van der Waals surface area contributed by atoms with Crippen LogP contribution in [-0.4, -0.2) is 33.3 Å². The first-order chi connectivity index (χ1) is 7.55. The Labute approximate surface area is 97.7 Å². The lowest BCUT2D eigenvalue weighted by atomic mass is 10.3. The summed E-state index contributed by atoms with van der Waals surface area (Å²) in [6.45, 7) is 0. The Kier molecular flexibility index (Phi) is 5.15. The normalized spacial score (nSPS) is 11.4. The molecule has 17 heavy (non-hydrogen) atoms. The van der Waals surface area contributed by atoms with Crippen molar-refractivity contribution in [3.63, 3.8) is 0 Å². The molecule has 3 nitrogen and oxygen atoms in total. The Morgan fingerprint density at radius 2 is 1.47 bits per heavy atom. The van der Waals surface area contributed by atoms with Gasteiger partial charge in [0.25, 0.3) is 0 Å². The average Bonchev–Trinajstić information content (AvgIpc) is 2.17. The number of rotatable bonds is 1. The summed E-state index contributed by atoms with van der Waals surface area (Å²) in [6, 6.07) is 10.5. The molecule has 0 atom stereocenters. The van der Waals surface area contributed by atoms with E-state index in [0.717, 1.165) is 4.48 Å². The largest absolute Gasteiger partial charge is 0.542 e. The van der Waals surface area contributed by atoms with Gasteiger partial charge in [-0.15, -0.1) is 0 Å². The van der Waals surface area contributed by atoms with Crippen LogP contribution >= 0.6 is 0 Å². The molecule has 1 rings (SSSR count). The van der Waals surface area contributed by atoms with Crippen molar-refractivity contribution in [1.82, 2.24) is 4.48 Å². The van der Waals surface area contributed by atoms with E-state index in [-0.39, 0.29) is 0 Å². The molecule has 1 aromatic carbocycles. The monoisotopic (exact) mass is 249 g/mol. The number of halogens is 3. The molecule has 0 saturated heterocycles. The fourth-order valence-corrected chi connectivity index (χ4v) is 0.875. The van der Waals surface area contributed by atoms with Crippen LogP contribution in [0.15, 0.2) is 30.3 Å². The highest BCUT2D eigenvalue weighted by Crippen LogP contribution is 2.14. The zero-order valence-corrected chi connectivity index (χ0v) is 9.78. The van der Waals surface area contributed by atoms with E-state index in [1.165, 1.54) is 5.69 Å². The van der Waals surface area contributed by atoms with Crippen molar-refractivity contribution in [2.75, 3.05) is 21.1 Å². The minimum absolute atomic E-state index is 0.890. The average molecular weight is 249 g/mol. The van der Waals surface area contributed by atoms with E-state index in [0.29, 0.717) is 0 Å². The molecule has 96 valence electrons. The summed E-state index contributed by atoms with van der Waals surface area (Å²) >= 11 is 0. The highest BCUT2D eigenvalue weighted by molar-refractivity contribution is 5.70. The van der Waals surface area contributed by atoms with Crippen LogP contribution in [0, 0.1) is 0 Å². The van der Waals surface area contributed by atoms with Crippen molar-refractivity contribution in [2.45, 2.75) is 6.18 Å². The van der Waals surface area contributed by atoms with Gasteiger partial charge in [-0.25, -0.2) is 0 Å². The van der Waals surface area contributed by atoms with Gasteiger partial charge in [0.1, 0.15) is 11.7 Å². The van der Waals surface area contributed by atoms with Crippen LogP contribution in [0.4, 0.5) is 18.9 Å². The second kappa shape index (κ2) is 5.67. The molecule has 0 heterocycles. The van der Waals surface area contributed by atoms with Gasteiger partial charge in [-0.2, -0.15) is 13.2 Å². The third kappa shape index (κ3) is 6.57. The topological polar surface area (TPSA) is 40.1 Å². The standard InChI is InChI=1S/C9H14N.C2HF3O2/c1-10(2,3)9-7-5-4-6-8-9;3-2(4,5)1(6)7/h4-8H,1-3H3;(H,6,7)/q+1;/p-1. The molecule has 1 aromatic rings. The van der Waals surface area contributed by atoms with Crippen LogP contribution in [0.5, 0.6) is 0 Å². The molecule has 6 heteroatoms. The van der Waals surface area contributed by atoms with Crippen molar-refractivity contribution >= 4 is 11.7 Å². The number of nitrogens with zero attached hydrogens (tertiary/aromatic N) is 1. The summed E-state index contributed by atoms with van der Waals surface area (Å²) in [5.41, 5.74) is 1.34. The second-order valence-electron chi connectivity index (χ2n) is 4.13. The molecule has 0 saturated carbocycles. The maximum absolute atomic E-state index is 10.5.